The van der Waals surface area contributed by atoms with Crippen molar-refractivity contribution in [3.63, 3.8) is 0 Å². The van der Waals surface area contributed by atoms with Crippen LogP contribution in [0.25, 0.3) is 10.2 Å². The van der Waals surface area contributed by atoms with E-state index in [1.165, 1.54) is 15.9 Å². The number of carbonyl (C=O) groups is 1. The van der Waals surface area contributed by atoms with E-state index in [2.05, 4.69) is 10.3 Å². The predicted molar refractivity (Wildman–Crippen MR) is 97.9 cm³/mol. The van der Waals surface area contributed by atoms with Crippen molar-refractivity contribution in [1.29, 1.82) is 0 Å². The summed E-state index contributed by atoms with van der Waals surface area (Å²) >= 11 is 1.51. The number of amides is 1. The summed E-state index contributed by atoms with van der Waals surface area (Å²) in [4.78, 5) is 31.4. The molecule has 0 aliphatic heterocycles. The molecule has 0 radical (unpaired) electrons. The highest BCUT2D eigenvalue weighted by Gasteiger charge is 2.16. The Morgan fingerprint density at radius 1 is 1.25 bits per heavy atom. The zero-order valence-electron chi connectivity index (χ0n) is 14.1. The van der Waals surface area contributed by atoms with Crippen molar-refractivity contribution in [3.8, 4) is 0 Å². The summed E-state index contributed by atoms with van der Waals surface area (Å²) in [5, 5.41) is 3.45. The minimum Gasteiger partial charge on any atom is -0.325 e. The lowest BCUT2D eigenvalue weighted by Gasteiger charge is -2.10. The molecule has 0 saturated heterocycles. The molecule has 6 heteroatoms. The average Bonchev–Trinajstić information content (AvgIpc) is 2.78. The number of rotatable bonds is 3. The number of aromatic nitrogens is 2. The number of fused-ring (bicyclic) bond motifs is 1. The van der Waals surface area contributed by atoms with Gasteiger partial charge in [0.1, 0.15) is 17.2 Å². The zero-order chi connectivity index (χ0) is 17.4. The van der Waals surface area contributed by atoms with Crippen LogP contribution in [-0.4, -0.2) is 15.5 Å². The number of thiophene rings is 1. The number of anilines is 1. The molecular weight excluding hydrogens is 322 g/mol. The van der Waals surface area contributed by atoms with Gasteiger partial charge in [-0.3, -0.25) is 14.2 Å². The third kappa shape index (κ3) is 2.97. The fraction of sp³-hybridized carbons (Fsp3) is 0.278. The molecule has 0 fully saturated rings. The third-order valence-electron chi connectivity index (χ3n) is 4.08. The second-order valence-corrected chi connectivity index (χ2v) is 7.13. The van der Waals surface area contributed by atoms with E-state index in [0.29, 0.717) is 11.2 Å². The van der Waals surface area contributed by atoms with Crippen molar-refractivity contribution in [3.05, 3.63) is 56.4 Å². The van der Waals surface area contributed by atoms with Crippen molar-refractivity contribution < 1.29 is 4.79 Å². The van der Waals surface area contributed by atoms with Crippen LogP contribution in [0.5, 0.6) is 0 Å². The first kappa shape index (κ1) is 16.4. The normalized spacial score (nSPS) is 11.0. The van der Waals surface area contributed by atoms with Gasteiger partial charge in [0.2, 0.25) is 5.91 Å². The van der Waals surface area contributed by atoms with Gasteiger partial charge in [-0.1, -0.05) is 12.1 Å². The van der Waals surface area contributed by atoms with Crippen LogP contribution in [0.3, 0.4) is 0 Å². The van der Waals surface area contributed by atoms with Crippen LogP contribution in [0.2, 0.25) is 0 Å². The minimum atomic E-state index is -0.239. The first-order chi connectivity index (χ1) is 11.4. The first-order valence-electron chi connectivity index (χ1n) is 7.70. The molecule has 124 valence electrons. The SMILES string of the molecule is Cc1cccc(NC(=O)Cn2c(C)nc3sc(C)c(C)c3c2=O)c1. The maximum absolute atomic E-state index is 12.8. The molecular formula is C18H19N3O2S. The van der Waals surface area contributed by atoms with E-state index in [0.717, 1.165) is 26.5 Å². The molecule has 3 aromatic rings. The van der Waals surface area contributed by atoms with Crippen LogP contribution < -0.4 is 10.9 Å². The Morgan fingerprint density at radius 2 is 2.00 bits per heavy atom. The Labute approximate surface area is 144 Å². The quantitative estimate of drug-likeness (QED) is 0.795. The highest BCUT2D eigenvalue weighted by atomic mass is 32.1. The number of benzene rings is 1. The van der Waals surface area contributed by atoms with Crippen molar-refractivity contribution in [2.45, 2.75) is 34.2 Å². The number of aryl methyl sites for hydroxylation is 4. The molecule has 1 amide bonds. The van der Waals surface area contributed by atoms with Gasteiger partial charge in [0, 0.05) is 10.6 Å². The zero-order valence-corrected chi connectivity index (χ0v) is 15.0. The van der Waals surface area contributed by atoms with E-state index in [-0.39, 0.29) is 18.0 Å². The predicted octanol–water partition coefficient (Wildman–Crippen LogP) is 3.33. The monoisotopic (exact) mass is 341 g/mol. The molecule has 2 heterocycles. The van der Waals surface area contributed by atoms with E-state index in [4.69, 9.17) is 0 Å². The van der Waals surface area contributed by atoms with Crippen molar-refractivity contribution >= 4 is 33.1 Å². The molecule has 0 bridgehead atoms. The molecule has 0 saturated carbocycles. The van der Waals surface area contributed by atoms with Crippen molar-refractivity contribution in [1.82, 2.24) is 9.55 Å². The molecule has 0 spiro atoms. The van der Waals surface area contributed by atoms with Crippen LogP contribution >= 0.6 is 11.3 Å². The molecule has 0 unspecified atom stereocenters. The highest BCUT2D eigenvalue weighted by molar-refractivity contribution is 7.18. The van der Waals surface area contributed by atoms with Gasteiger partial charge in [-0.25, -0.2) is 4.98 Å². The molecule has 0 atom stereocenters. The molecule has 1 aromatic carbocycles. The lowest BCUT2D eigenvalue weighted by molar-refractivity contribution is -0.116. The van der Waals surface area contributed by atoms with E-state index in [1.807, 2.05) is 45.0 Å². The number of nitrogens with one attached hydrogen (secondary N) is 1. The van der Waals surface area contributed by atoms with Crippen LogP contribution in [0, 0.1) is 27.7 Å². The van der Waals surface area contributed by atoms with Gasteiger partial charge in [0.05, 0.1) is 5.39 Å². The molecule has 0 aliphatic carbocycles. The van der Waals surface area contributed by atoms with Gasteiger partial charge >= 0.3 is 0 Å². The van der Waals surface area contributed by atoms with E-state index < -0.39 is 0 Å². The number of nitrogens with zero attached hydrogens (tertiary/aromatic N) is 2. The van der Waals surface area contributed by atoms with E-state index in [9.17, 15) is 9.59 Å². The number of hydrogen-bond acceptors (Lipinski definition) is 4. The Bertz CT molecular complexity index is 1000. The van der Waals surface area contributed by atoms with Crippen LogP contribution in [-0.2, 0) is 11.3 Å². The average molecular weight is 341 g/mol. The summed E-state index contributed by atoms with van der Waals surface area (Å²) in [7, 11) is 0. The minimum absolute atomic E-state index is 0.0458. The second-order valence-electron chi connectivity index (χ2n) is 5.93. The van der Waals surface area contributed by atoms with Gasteiger partial charge in [-0.05, 0) is 51.0 Å². The second kappa shape index (κ2) is 6.20. The van der Waals surface area contributed by atoms with Gasteiger partial charge in [-0.2, -0.15) is 0 Å². The summed E-state index contributed by atoms with van der Waals surface area (Å²) in [5.74, 6) is 0.310. The maximum Gasteiger partial charge on any atom is 0.263 e. The summed E-state index contributed by atoms with van der Waals surface area (Å²) < 4.78 is 1.44. The molecule has 24 heavy (non-hydrogen) atoms. The maximum atomic E-state index is 12.8. The molecule has 0 aliphatic rings. The van der Waals surface area contributed by atoms with Crippen molar-refractivity contribution in [2.75, 3.05) is 5.32 Å². The Kier molecular flexibility index (Phi) is 4.24. The largest absolute Gasteiger partial charge is 0.325 e. The Hall–Kier alpha value is -2.47. The highest BCUT2D eigenvalue weighted by Crippen LogP contribution is 2.26. The van der Waals surface area contributed by atoms with Gasteiger partial charge < -0.3 is 5.32 Å². The summed E-state index contributed by atoms with van der Waals surface area (Å²) in [5.41, 5.74) is 2.58. The van der Waals surface area contributed by atoms with Crippen LogP contribution in [0.4, 0.5) is 5.69 Å². The molecule has 3 rings (SSSR count). The topological polar surface area (TPSA) is 64.0 Å². The lowest BCUT2D eigenvalue weighted by Crippen LogP contribution is -2.30. The standard InChI is InChI=1S/C18H19N3O2S/c1-10-6-5-7-14(8-10)20-15(22)9-21-13(4)19-17-16(18(21)23)11(2)12(3)24-17/h5-8H,9H2,1-4H3,(H,20,22). The Morgan fingerprint density at radius 3 is 2.71 bits per heavy atom. The summed E-state index contributed by atoms with van der Waals surface area (Å²) in [6.07, 6.45) is 0. The molecule has 2 aromatic heterocycles. The number of carbonyl (C=O) groups excluding carboxylic acids is 1. The molecule has 1 N–H and O–H groups in total. The lowest BCUT2D eigenvalue weighted by atomic mass is 10.2. The van der Waals surface area contributed by atoms with E-state index in [1.54, 1.807) is 6.92 Å². The summed E-state index contributed by atoms with van der Waals surface area (Å²) in [6, 6.07) is 7.56. The van der Waals surface area contributed by atoms with Crippen molar-refractivity contribution in [2.24, 2.45) is 0 Å². The van der Waals surface area contributed by atoms with Crippen LogP contribution in [0.1, 0.15) is 21.8 Å². The fourth-order valence-electron chi connectivity index (χ4n) is 2.68. The number of hydrogen-bond donors (Lipinski definition) is 1. The first-order valence-corrected chi connectivity index (χ1v) is 8.52. The third-order valence-corrected chi connectivity index (χ3v) is 5.18. The fourth-order valence-corrected chi connectivity index (χ4v) is 3.75. The smallest absolute Gasteiger partial charge is 0.263 e. The Balaban J connectivity index is 1.93. The van der Waals surface area contributed by atoms with E-state index >= 15 is 0 Å². The van der Waals surface area contributed by atoms with Gasteiger partial charge in [0.15, 0.2) is 0 Å². The van der Waals surface area contributed by atoms with Crippen LogP contribution in [0.15, 0.2) is 29.1 Å². The van der Waals surface area contributed by atoms with Gasteiger partial charge in [-0.15, -0.1) is 11.3 Å². The summed E-state index contributed by atoms with van der Waals surface area (Å²) in [6.45, 7) is 7.57. The van der Waals surface area contributed by atoms with Gasteiger partial charge in [0.25, 0.3) is 5.56 Å². The molecule has 5 nitrogen and oxygen atoms in total.